The second-order valence-electron chi connectivity index (χ2n) is 18.1. The van der Waals surface area contributed by atoms with E-state index in [9.17, 15) is 9.90 Å². The zero-order valence-electron chi connectivity index (χ0n) is 30.1. The van der Waals surface area contributed by atoms with Crippen LogP contribution < -0.4 is 5.73 Å². The van der Waals surface area contributed by atoms with Crippen molar-refractivity contribution in [3.05, 3.63) is 11.6 Å². The summed E-state index contributed by atoms with van der Waals surface area (Å²) in [6, 6.07) is 0. The first-order valence-electron chi connectivity index (χ1n) is 17.8. The Kier molecular flexibility index (Phi) is 8.64. The fourth-order valence-electron chi connectivity index (χ4n) is 11.8. The molecule has 1 saturated heterocycles. The lowest BCUT2D eigenvalue weighted by Crippen LogP contribution is -2.72. The van der Waals surface area contributed by atoms with Gasteiger partial charge in [0, 0.05) is 23.5 Å². The van der Waals surface area contributed by atoms with Crippen LogP contribution in [0.15, 0.2) is 11.6 Å². The number of methoxy groups -OCH3 is 1. The monoisotopic (exact) mass is 615 g/mol. The van der Waals surface area contributed by atoms with Gasteiger partial charge in [0.05, 0.1) is 37.4 Å². The minimum Gasteiger partial charge on any atom is -0.481 e. The topological polar surface area (TPSA) is 91.0 Å². The third-order valence-corrected chi connectivity index (χ3v) is 15.8. The molecule has 0 amide bonds. The van der Waals surface area contributed by atoms with Crippen molar-refractivity contribution in [1.29, 1.82) is 0 Å². The van der Waals surface area contributed by atoms with E-state index in [1.807, 2.05) is 7.11 Å². The molecule has 13 atom stereocenters. The van der Waals surface area contributed by atoms with Crippen LogP contribution in [0.3, 0.4) is 0 Å². The average Bonchev–Trinajstić information content (AvgIpc) is 2.94. The largest absolute Gasteiger partial charge is 0.481 e. The lowest BCUT2D eigenvalue weighted by Gasteiger charge is -2.72. The smallest absolute Gasteiger partial charge is 0.307 e. The highest BCUT2D eigenvalue weighted by molar-refractivity contribution is 5.73. The number of rotatable bonds is 8. The van der Waals surface area contributed by atoms with E-state index < -0.39 is 11.5 Å². The average molecular weight is 616 g/mol. The van der Waals surface area contributed by atoms with Crippen LogP contribution >= 0.6 is 0 Å². The molecule has 4 fully saturated rings. The molecule has 44 heavy (non-hydrogen) atoms. The zero-order chi connectivity index (χ0) is 32.8. The Hall–Kier alpha value is -0.950. The Balaban J connectivity index is 1.58. The molecule has 5 aliphatic rings. The number of carbonyl (C=O) groups is 1. The maximum Gasteiger partial charge on any atom is 0.307 e. The number of carboxylic acid groups (broad SMARTS) is 1. The predicted octanol–water partition coefficient (Wildman–Crippen LogP) is 7.74. The number of hydrogen-bond donors (Lipinski definition) is 2. The summed E-state index contributed by atoms with van der Waals surface area (Å²) in [5.41, 5.74) is 6.83. The lowest BCUT2D eigenvalue weighted by atomic mass is 9.34. The molecule has 3 N–H and O–H groups in total. The lowest BCUT2D eigenvalue weighted by molar-refractivity contribution is -0.288. The van der Waals surface area contributed by atoms with Gasteiger partial charge in [0.25, 0.3) is 0 Å². The van der Waals surface area contributed by atoms with Gasteiger partial charge in [-0.25, -0.2) is 0 Å². The van der Waals surface area contributed by atoms with Gasteiger partial charge in [-0.15, -0.1) is 0 Å². The molecule has 6 heteroatoms. The van der Waals surface area contributed by atoms with Crippen LogP contribution in [0, 0.1) is 62.6 Å². The quantitative estimate of drug-likeness (QED) is 0.272. The van der Waals surface area contributed by atoms with Crippen LogP contribution in [0.5, 0.6) is 0 Å². The first kappa shape index (κ1) is 34.4. The minimum atomic E-state index is -0.607. The van der Waals surface area contributed by atoms with Gasteiger partial charge in [0.2, 0.25) is 0 Å². The van der Waals surface area contributed by atoms with E-state index in [0.29, 0.717) is 42.8 Å². The second-order valence-corrected chi connectivity index (χ2v) is 18.1. The van der Waals surface area contributed by atoms with Gasteiger partial charge >= 0.3 is 5.97 Å². The van der Waals surface area contributed by atoms with E-state index in [-0.39, 0.29) is 51.3 Å². The van der Waals surface area contributed by atoms with E-state index in [0.717, 1.165) is 38.5 Å². The molecule has 0 unspecified atom stereocenters. The number of ether oxygens (including phenoxy) is 3. The van der Waals surface area contributed by atoms with E-state index in [2.05, 4.69) is 82.2 Å². The molecule has 0 aromatic carbocycles. The number of allylic oxidation sites excluding steroid dienone is 1. The molecule has 0 aromatic heterocycles. The van der Waals surface area contributed by atoms with Crippen LogP contribution in [0.25, 0.3) is 0 Å². The highest BCUT2D eigenvalue weighted by Gasteiger charge is 2.73. The van der Waals surface area contributed by atoms with Crippen molar-refractivity contribution < 1.29 is 24.1 Å². The summed E-state index contributed by atoms with van der Waals surface area (Å²) in [4.78, 5) is 13.4. The number of aliphatic carboxylic acids is 1. The predicted molar refractivity (Wildman–Crippen MR) is 176 cm³/mol. The van der Waals surface area contributed by atoms with Gasteiger partial charge < -0.3 is 25.1 Å². The highest BCUT2D eigenvalue weighted by atomic mass is 16.5. The van der Waals surface area contributed by atoms with E-state index >= 15 is 0 Å². The van der Waals surface area contributed by atoms with Crippen LogP contribution in [0.2, 0.25) is 0 Å². The molecule has 2 bridgehead atoms. The van der Waals surface area contributed by atoms with Gasteiger partial charge in [0.15, 0.2) is 0 Å². The van der Waals surface area contributed by atoms with Crippen molar-refractivity contribution in [3.63, 3.8) is 0 Å². The van der Waals surface area contributed by atoms with Gasteiger partial charge in [-0.2, -0.15) is 0 Å². The second kappa shape index (κ2) is 11.1. The summed E-state index contributed by atoms with van der Waals surface area (Å²) >= 11 is 0. The van der Waals surface area contributed by atoms with Crippen molar-refractivity contribution in [1.82, 2.24) is 0 Å². The van der Waals surface area contributed by atoms with Crippen LogP contribution in [-0.4, -0.2) is 55.3 Å². The Morgan fingerprint density at radius 1 is 1.11 bits per heavy atom. The summed E-state index contributed by atoms with van der Waals surface area (Å²) < 4.78 is 20.0. The van der Waals surface area contributed by atoms with Crippen molar-refractivity contribution in [2.75, 3.05) is 20.3 Å². The molecule has 5 rings (SSSR count). The minimum absolute atomic E-state index is 0.0559. The van der Waals surface area contributed by atoms with Crippen LogP contribution in [0.4, 0.5) is 0 Å². The van der Waals surface area contributed by atoms with Crippen molar-refractivity contribution in [3.8, 4) is 0 Å². The van der Waals surface area contributed by atoms with Crippen LogP contribution in [0.1, 0.15) is 115 Å². The molecule has 1 heterocycles. The number of nitrogens with two attached hydrogens (primary N) is 1. The first-order chi connectivity index (χ1) is 20.3. The molecule has 0 aromatic rings. The normalized spacial score (nSPS) is 48.9. The third kappa shape index (κ3) is 4.49. The summed E-state index contributed by atoms with van der Waals surface area (Å²) in [5.74, 6) is 0.846. The Labute approximate surface area is 268 Å². The Morgan fingerprint density at radius 3 is 2.34 bits per heavy atom. The summed E-state index contributed by atoms with van der Waals surface area (Å²) in [5, 5.41) is 11.0. The summed E-state index contributed by atoms with van der Waals surface area (Å²) in [7, 11) is 1.84. The molecule has 4 aliphatic carbocycles. The zero-order valence-corrected chi connectivity index (χ0v) is 30.1. The van der Waals surface area contributed by atoms with Crippen molar-refractivity contribution >= 4 is 5.97 Å². The maximum atomic E-state index is 13.4. The van der Waals surface area contributed by atoms with Gasteiger partial charge in [0.1, 0.15) is 0 Å². The maximum absolute atomic E-state index is 13.4. The SMILES string of the molecule is CO[C@@H]1C[C@]23C4=CC[C@@]5(C)[C@H](C(=O)O)[C@@](C)([C@H](C)C(C)C)CC[C@]5(C)[C@H]4CC[C@H]2[C@@](C)(CO[C@H]3C)[C@H]1OC[C@@](C)(N)C(C)C. The standard InChI is InChI=1S/C38H65NO5/c1-22(2)24(5)33(7)17-18-35(9)26-13-14-29-34(8)20-43-25(6)38(29,27(26)15-16-36(35,10)30(33)32(40)41)19-28(42-12)31(34)44-21-37(11,39)23(3)4/h15,22-26,28-31H,13-14,16-21,39H2,1-12H3,(H,40,41)/t24-,25+,26+,28-,29+,30-,31+,33-,34-,35-,36+,37-,38+/m1/s1. The van der Waals surface area contributed by atoms with E-state index in [4.69, 9.17) is 19.9 Å². The van der Waals surface area contributed by atoms with Gasteiger partial charge in [-0.3, -0.25) is 4.79 Å². The fraction of sp³-hybridized carbons (Fsp3) is 0.921. The Bertz CT molecular complexity index is 1150. The van der Waals surface area contributed by atoms with Gasteiger partial charge in [-0.1, -0.05) is 74.0 Å². The molecule has 1 aliphatic heterocycles. The summed E-state index contributed by atoms with van der Waals surface area (Å²) in [6.07, 6.45) is 8.36. The van der Waals surface area contributed by atoms with Crippen LogP contribution in [-0.2, 0) is 19.0 Å². The molecule has 3 saturated carbocycles. The van der Waals surface area contributed by atoms with Gasteiger partial charge in [-0.05, 0) is 98.2 Å². The number of fused-ring (bicyclic) bond motifs is 3. The van der Waals surface area contributed by atoms with Crippen molar-refractivity contribution in [2.24, 2.45) is 68.3 Å². The first-order valence-corrected chi connectivity index (χ1v) is 17.8. The van der Waals surface area contributed by atoms with Crippen molar-refractivity contribution in [2.45, 2.75) is 139 Å². The summed E-state index contributed by atoms with van der Waals surface area (Å²) in [6.45, 7) is 26.1. The van der Waals surface area contributed by atoms with E-state index in [1.165, 1.54) is 0 Å². The van der Waals surface area contributed by atoms with E-state index in [1.54, 1.807) is 5.57 Å². The number of hydrogen-bond acceptors (Lipinski definition) is 5. The Morgan fingerprint density at radius 2 is 1.77 bits per heavy atom. The number of carboxylic acids is 1. The molecule has 252 valence electrons. The third-order valence-electron chi connectivity index (χ3n) is 15.8. The molecule has 0 spiro atoms. The molecular formula is C38H65NO5. The molecule has 6 nitrogen and oxygen atoms in total. The highest BCUT2D eigenvalue weighted by Crippen LogP contribution is 2.75. The molecule has 0 radical (unpaired) electrons. The fourth-order valence-corrected chi connectivity index (χ4v) is 11.8. The molecular weight excluding hydrogens is 550 g/mol.